The Balaban J connectivity index is 1.24. The lowest BCUT2D eigenvalue weighted by atomic mass is 10.0. The normalized spacial score (nSPS) is 12.4. The van der Waals surface area contributed by atoms with Gasteiger partial charge in [0.15, 0.2) is 8.07 Å². The fraction of sp³-hybridized carbons (Fsp3) is 0. The van der Waals surface area contributed by atoms with Crippen LogP contribution in [0.5, 0.6) is 0 Å². The minimum Gasteiger partial charge on any atom is -0.309 e. The fourth-order valence-electron chi connectivity index (χ4n) is 10.6. The van der Waals surface area contributed by atoms with Crippen LogP contribution in [-0.4, -0.2) is 17.0 Å². The monoisotopic (exact) mass is 764 g/mol. The standard InChI is InChI=1S/C56H36N2Si/c1-4-21-42(22-5-1)59(43-23-6-2-7-24-43,44-25-8-3-9-26-44)54-30-16-28-46-45-27-14-15-29-51(45)57(56(46)54)41-35-49-47-31-37-17-10-12-19-39(37)33-52(47)58-53-34-40-20-13-11-18-38(40)32-48(53)50(36-41)55(49)58/h1-36H. The molecule has 0 N–H and O–H groups in total. The first kappa shape index (κ1) is 32.6. The van der Waals surface area contributed by atoms with Crippen molar-refractivity contribution in [2.45, 2.75) is 0 Å². The van der Waals surface area contributed by atoms with Crippen molar-refractivity contribution in [2.75, 3.05) is 0 Å². The smallest absolute Gasteiger partial charge is 0.181 e. The Morgan fingerprint density at radius 2 is 0.729 bits per heavy atom. The molecule has 0 aliphatic heterocycles. The highest BCUT2D eigenvalue weighted by atomic mass is 28.3. The van der Waals surface area contributed by atoms with Gasteiger partial charge in [0.1, 0.15) is 0 Å². The second-order valence-corrected chi connectivity index (χ2v) is 19.8. The lowest BCUT2D eigenvalue weighted by Gasteiger charge is -2.35. The summed E-state index contributed by atoms with van der Waals surface area (Å²) in [5.74, 6) is 0. The summed E-state index contributed by atoms with van der Waals surface area (Å²) in [6.07, 6.45) is 0. The van der Waals surface area contributed by atoms with Crippen LogP contribution in [0.15, 0.2) is 218 Å². The summed E-state index contributed by atoms with van der Waals surface area (Å²) in [4.78, 5) is 0. The van der Waals surface area contributed by atoms with Gasteiger partial charge in [-0.1, -0.05) is 176 Å². The van der Waals surface area contributed by atoms with Crippen LogP contribution in [0, 0.1) is 0 Å². The van der Waals surface area contributed by atoms with E-state index < -0.39 is 8.07 Å². The Bertz CT molecular complexity index is 3550. The summed E-state index contributed by atoms with van der Waals surface area (Å²) in [5, 5.41) is 18.2. The SMILES string of the molecule is c1ccc([Si](c2ccccc2)(c2ccccc2)c2cccc3c4ccccc4n(-c4cc5c6cc7ccccc7cc6n6c7cc8ccccc8cc7c(c4)c56)c23)cc1. The Labute approximate surface area is 341 Å². The largest absolute Gasteiger partial charge is 0.309 e. The predicted octanol–water partition coefficient (Wildman–Crippen LogP) is 11.6. The molecule has 59 heavy (non-hydrogen) atoms. The first-order valence-electron chi connectivity index (χ1n) is 20.5. The van der Waals surface area contributed by atoms with Gasteiger partial charge in [0, 0.05) is 38.0 Å². The van der Waals surface area contributed by atoms with Crippen molar-refractivity contribution in [3.63, 3.8) is 0 Å². The molecule has 0 atom stereocenters. The van der Waals surface area contributed by atoms with Crippen LogP contribution >= 0.6 is 0 Å². The number of fused-ring (bicyclic) bond motifs is 11. The van der Waals surface area contributed by atoms with Crippen molar-refractivity contribution in [2.24, 2.45) is 0 Å². The Morgan fingerprint density at radius 1 is 0.288 bits per heavy atom. The second kappa shape index (κ2) is 12.3. The van der Waals surface area contributed by atoms with Gasteiger partial charge in [-0.25, -0.2) is 0 Å². The number of rotatable bonds is 5. The molecule has 0 aliphatic carbocycles. The van der Waals surface area contributed by atoms with Crippen LogP contribution in [0.2, 0.25) is 0 Å². The molecular weight excluding hydrogens is 729 g/mol. The summed E-state index contributed by atoms with van der Waals surface area (Å²) >= 11 is 0. The zero-order chi connectivity index (χ0) is 38.7. The van der Waals surface area contributed by atoms with E-state index in [4.69, 9.17) is 0 Å². The molecule has 0 fully saturated rings. The van der Waals surface area contributed by atoms with E-state index in [1.165, 1.54) is 108 Å². The number of para-hydroxylation sites is 2. The summed E-state index contributed by atoms with van der Waals surface area (Å²) in [6, 6.07) is 82.2. The number of aromatic nitrogens is 2. The van der Waals surface area contributed by atoms with Gasteiger partial charge < -0.3 is 8.97 Å². The molecule has 10 aromatic carbocycles. The molecule has 0 radical (unpaired) electrons. The Kier molecular flexibility index (Phi) is 6.78. The van der Waals surface area contributed by atoms with Crippen molar-refractivity contribution in [3.05, 3.63) is 218 Å². The van der Waals surface area contributed by atoms with Crippen molar-refractivity contribution >= 4 is 110 Å². The first-order chi connectivity index (χ1) is 29.3. The van der Waals surface area contributed by atoms with E-state index >= 15 is 0 Å². The van der Waals surface area contributed by atoms with E-state index in [1.807, 2.05) is 0 Å². The van der Waals surface area contributed by atoms with Gasteiger partial charge in [-0.05, 0) is 84.8 Å². The highest BCUT2D eigenvalue weighted by molar-refractivity contribution is 7.20. The minimum atomic E-state index is -2.93. The third-order valence-corrected chi connectivity index (χ3v) is 17.9. The average molecular weight is 765 g/mol. The summed E-state index contributed by atoms with van der Waals surface area (Å²) in [5.41, 5.74) is 7.44. The van der Waals surface area contributed by atoms with E-state index in [0.29, 0.717) is 0 Å². The zero-order valence-corrected chi connectivity index (χ0v) is 33.2. The van der Waals surface area contributed by atoms with Gasteiger partial charge in [-0.2, -0.15) is 0 Å². The van der Waals surface area contributed by atoms with E-state index in [2.05, 4.69) is 227 Å². The molecule has 0 aliphatic rings. The quantitative estimate of drug-likeness (QED) is 0.122. The Hall–Kier alpha value is -7.46. The Morgan fingerprint density at radius 3 is 1.25 bits per heavy atom. The molecule has 0 saturated carbocycles. The lowest BCUT2D eigenvalue weighted by Crippen LogP contribution is -2.75. The molecule has 3 heteroatoms. The lowest BCUT2D eigenvalue weighted by molar-refractivity contribution is 1.19. The third kappa shape index (κ3) is 4.45. The maximum Gasteiger partial charge on any atom is 0.181 e. The van der Waals surface area contributed by atoms with E-state index in [0.717, 1.165) is 0 Å². The minimum absolute atomic E-state index is 1.18. The van der Waals surface area contributed by atoms with E-state index in [1.54, 1.807) is 0 Å². The van der Waals surface area contributed by atoms with Gasteiger partial charge >= 0.3 is 0 Å². The number of nitrogens with zero attached hydrogens (tertiary/aromatic N) is 2. The number of hydrogen-bond donors (Lipinski definition) is 0. The fourth-order valence-corrected chi connectivity index (χ4v) is 15.6. The zero-order valence-electron chi connectivity index (χ0n) is 32.2. The van der Waals surface area contributed by atoms with Gasteiger partial charge in [0.25, 0.3) is 0 Å². The molecule has 13 aromatic rings. The predicted molar refractivity (Wildman–Crippen MR) is 254 cm³/mol. The molecule has 3 aromatic heterocycles. The van der Waals surface area contributed by atoms with Crippen LogP contribution in [-0.2, 0) is 0 Å². The van der Waals surface area contributed by atoms with Crippen LogP contribution in [0.25, 0.3) is 87.1 Å². The van der Waals surface area contributed by atoms with Gasteiger partial charge in [-0.15, -0.1) is 0 Å². The average Bonchev–Trinajstić information content (AvgIpc) is 3.93. The molecule has 0 spiro atoms. The molecule has 13 rings (SSSR count). The molecule has 274 valence electrons. The molecular formula is C56H36N2Si. The van der Waals surface area contributed by atoms with Crippen LogP contribution < -0.4 is 20.7 Å². The van der Waals surface area contributed by atoms with E-state index in [9.17, 15) is 0 Å². The van der Waals surface area contributed by atoms with Crippen molar-refractivity contribution < 1.29 is 0 Å². The second-order valence-electron chi connectivity index (χ2n) is 16.1. The molecule has 2 nitrogen and oxygen atoms in total. The highest BCUT2D eigenvalue weighted by Crippen LogP contribution is 2.44. The molecule has 0 bridgehead atoms. The summed E-state index contributed by atoms with van der Waals surface area (Å²) < 4.78 is 5.14. The van der Waals surface area contributed by atoms with Gasteiger partial charge in [0.2, 0.25) is 0 Å². The van der Waals surface area contributed by atoms with Gasteiger partial charge in [0.05, 0.1) is 27.6 Å². The molecule has 0 unspecified atom stereocenters. The molecule has 3 heterocycles. The maximum atomic E-state index is 2.61. The van der Waals surface area contributed by atoms with Gasteiger partial charge in [-0.3, -0.25) is 0 Å². The summed E-state index contributed by atoms with van der Waals surface area (Å²) in [7, 11) is -2.93. The van der Waals surface area contributed by atoms with Crippen molar-refractivity contribution in [3.8, 4) is 5.69 Å². The van der Waals surface area contributed by atoms with Crippen LogP contribution in [0.4, 0.5) is 0 Å². The highest BCUT2D eigenvalue weighted by Gasteiger charge is 2.43. The van der Waals surface area contributed by atoms with E-state index in [-0.39, 0.29) is 0 Å². The number of hydrogen-bond acceptors (Lipinski definition) is 0. The third-order valence-electron chi connectivity index (χ3n) is 13.1. The number of benzene rings is 10. The van der Waals surface area contributed by atoms with Crippen molar-refractivity contribution in [1.82, 2.24) is 8.97 Å². The molecule has 0 amide bonds. The van der Waals surface area contributed by atoms with Crippen molar-refractivity contribution in [1.29, 1.82) is 0 Å². The van der Waals surface area contributed by atoms with Crippen LogP contribution in [0.3, 0.4) is 0 Å². The summed E-state index contributed by atoms with van der Waals surface area (Å²) in [6.45, 7) is 0. The maximum absolute atomic E-state index is 2.93. The topological polar surface area (TPSA) is 9.34 Å². The van der Waals surface area contributed by atoms with Crippen LogP contribution in [0.1, 0.15) is 0 Å². The molecule has 0 saturated heterocycles. The first-order valence-corrected chi connectivity index (χ1v) is 22.5.